The zero-order valence-corrected chi connectivity index (χ0v) is 18.5. The maximum absolute atomic E-state index is 13.0. The van der Waals surface area contributed by atoms with Crippen LogP contribution < -0.4 is 11.1 Å². The van der Waals surface area contributed by atoms with E-state index in [1.807, 2.05) is 51.1 Å². The molecule has 0 bridgehead atoms. The minimum atomic E-state index is -3.65. The highest BCUT2D eigenvalue weighted by Crippen LogP contribution is 2.42. The average molecular weight is 429 g/mol. The van der Waals surface area contributed by atoms with Gasteiger partial charge in [0.15, 0.2) is 9.84 Å². The van der Waals surface area contributed by atoms with Crippen LogP contribution in [-0.2, 0) is 16.3 Å². The highest BCUT2D eigenvalue weighted by atomic mass is 32.2. The van der Waals surface area contributed by atoms with E-state index in [2.05, 4.69) is 5.32 Å². The lowest BCUT2D eigenvalue weighted by Gasteiger charge is -2.14. The summed E-state index contributed by atoms with van der Waals surface area (Å²) in [6.07, 6.45) is 1.89. The number of thiophene rings is 1. The van der Waals surface area contributed by atoms with Crippen LogP contribution in [0.25, 0.3) is 0 Å². The molecule has 3 aromatic rings. The zero-order chi connectivity index (χ0) is 21.3. The smallest absolute Gasteiger partial charge is 0.205 e. The van der Waals surface area contributed by atoms with Gasteiger partial charge in [-0.15, -0.1) is 11.3 Å². The number of carbonyl (C=O) groups excluding carboxylic acids is 1. The summed E-state index contributed by atoms with van der Waals surface area (Å²) in [7, 11) is -3.65. The molecule has 7 heteroatoms. The van der Waals surface area contributed by atoms with Crippen LogP contribution in [0.4, 0.5) is 16.4 Å². The van der Waals surface area contributed by atoms with Crippen molar-refractivity contribution in [3.63, 3.8) is 0 Å². The number of rotatable bonds is 6. The minimum Gasteiger partial charge on any atom is -0.396 e. The van der Waals surface area contributed by atoms with Crippen molar-refractivity contribution in [1.82, 2.24) is 0 Å². The minimum absolute atomic E-state index is 0.00259. The summed E-state index contributed by atoms with van der Waals surface area (Å²) in [5.74, 6) is -0.286. The molecule has 0 aliphatic rings. The quantitative estimate of drug-likeness (QED) is 0.546. The molecule has 0 amide bonds. The molecule has 152 valence electrons. The molecule has 0 aliphatic heterocycles. The number of carbonyl (C=O) groups is 1. The highest BCUT2D eigenvalue weighted by Gasteiger charge is 2.28. The van der Waals surface area contributed by atoms with Crippen molar-refractivity contribution in [2.45, 2.75) is 32.1 Å². The van der Waals surface area contributed by atoms with E-state index in [4.69, 9.17) is 5.73 Å². The van der Waals surface area contributed by atoms with E-state index in [9.17, 15) is 13.2 Å². The largest absolute Gasteiger partial charge is 0.396 e. The second-order valence-corrected chi connectivity index (χ2v) is 10.0. The third kappa shape index (κ3) is 4.21. The van der Waals surface area contributed by atoms with Gasteiger partial charge < -0.3 is 11.1 Å². The maximum Gasteiger partial charge on any atom is 0.205 e. The number of nitrogen functional groups attached to an aromatic ring is 1. The van der Waals surface area contributed by atoms with E-state index >= 15 is 0 Å². The lowest BCUT2D eigenvalue weighted by Crippen LogP contribution is -2.07. The first-order chi connectivity index (χ1) is 13.6. The van der Waals surface area contributed by atoms with Gasteiger partial charge in [-0.25, -0.2) is 8.42 Å². The number of nitrogens with one attached hydrogen (secondary N) is 1. The standard InChI is InChI=1S/C22H24N2O3S2/c1-5-15-8-6-7-14(3)18(15)24-22-21(29(4,26)27)17(23)20(28-22)19(25)16-11-9-13(2)10-12-16/h6-12,24H,5,23H2,1-4H3. The molecule has 1 heterocycles. The molecule has 5 nitrogen and oxygen atoms in total. The Balaban J connectivity index is 2.15. The van der Waals surface area contributed by atoms with Crippen LogP contribution in [0.15, 0.2) is 47.4 Å². The van der Waals surface area contributed by atoms with Crippen molar-refractivity contribution in [2.24, 2.45) is 0 Å². The SMILES string of the molecule is CCc1cccc(C)c1Nc1sc(C(=O)c2ccc(C)cc2)c(N)c1S(C)(=O)=O. The molecule has 0 spiro atoms. The summed E-state index contributed by atoms with van der Waals surface area (Å²) in [6.45, 7) is 5.93. The fourth-order valence-corrected chi connectivity index (χ4v) is 5.71. The number of hydrogen-bond donors (Lipinski definition) is 2. The predicted octanol–water partition coefficient (Wildman–Crippen LogP) is 4.89. The molecular formula is C22H24N2O3S2. The molecule has 2 aromatic carbocycles. The molecule has 3 N–H and O–H groups in total. The molecule has 0 unspecified atom stereocenters. The number of hydrogen-bond acceptors (Lipinski definition) is 6. The van der Waals surface area contributed by atoms with Crippen LogP contribution in [-0.4, -0.2) is 20.5 Å². The number of aryl methyl sites for hydroxylation is 3. The first kappa shape index (κ1) is 21.1. The molecule has 1 aromatic heterocycles. The number of nitrogens with two attached hydrogens (primary N) is 1. The number of sulfone groups is 1. The normalized spacial score (nSPS) is 11.4. The molecule has 0 atom stereocenters. The first-order valence-corrected chi connectivity index (χ1v) is 11.9. The Bertz CT molecular complexity index is 1180. The van der Waals surface area contributed by atoms with Gasteiger partial charge in [0.1, 0.15) is 14.8 Å². The lowest BCUT2D eigenvalue weighted by molar-refractivity contribution is 0.104. The highest BCUT2D eigenvalue weighted by molar-refractivity contribution is 7.91. The van der Waals surface area contributed by atoms with Gasteiger partial charge in [0.2, 0.25) is 5.78 Å². The Kier molecular flexibility index (Phi) is 5.82. The monoisotopic (exact) mass is 428 g/mol. The van der Waals surface area contributed by atoms with Crippen LogP contribution in [0.3, 0.4) is 0 Å². The fourth-order valence-electron chi connectivity index (χ4n) is 3.20. The van der Waals surface area contributed by atoms with Crippen LogP contribution >= 0.6 is 11.3 Å². The molecule has 0 saturated carbocycles. The zero-order valence-electron chi connectivity index (χ0n) is 16.9. The van der Waals surface area contributed by atoms with Gasteiger partial charge >= 0.3 is 0 Å². The van der Waals surface area contributed by atoms with E-state index in [0.29, 0.717) is 10.6 Å². The first-order valence-electron chi connectivity index (χ1n) is 9.22. The van der Waals surface area contributed by atoms with Crippen LogP contribution in [0.1, 0.15) is 38.8 Å². The molecular weight excluding hydrogens is 404 g/mol. The Morgan fingerprint density at radius 3 is 2.34 bits per heavy atom. The second-order valence-electron chi connectivity index (χ2n) is 7.06. The lowest BCUT2D eigenvalue weighted by atomic mass is 10.1. The molecule has 0 saturated heterocycles. The third-order valence-corrected chi connectivity index (χ3v) is 7.18. The van der Waals surface area contributed by atoms with Crippen molar-refractivity contribution in [3.8, 4) is 0 Å². The number of benzene rings is 2. The van der Waals surface area contributed by atoms with Crippen molar-refractivity contribution < 1.29 is 13.2 Å². The van der Waals surface area contributed by atoms with Crippen LogP contribution in [0, 0.1) is 13.8 Å². The van der Waals surface area contributed by atoms with Crippen molar-refractivity contribution in [2.75, 3.05) is 17.3 Å². The summed E-state index contributed by atoms with van der Waals surface area (Å²) in [5, 5.41) is 3.62. The van der Waals surface area contributed by atoms with Crippen molar-refractivity contribution in [3.05, 3.63) is 69.6 Å². The Morgan fingerprint density at radius 1 is 1.10 bits per heavy atom. The fraction of sp³-hybridized carbons (Fsp3) is 0.227. The number of para-hydroxylation sites is 1. The second kappa shape index (κ2) is 8.00. The summed E-state index contributed by atoms with van der Waals surface area (Å²) >= 11 is 1.08. The van der Waals surface area contributed by atoms with E-state index in [0.717, 1.165) is 46.4 Å². The summed E-state index contributed by atoms with van der Waals surface area (Å²) in [5.41, 5.74) is 10.6. The Hall–Kier alpha value is -2.64. The van der Waals surface area contributed by atoms with Gasteiger partial charge in [-0.2, -0.15) is 0 Å². The van der Waals surface area contributed by atoms with Crippen LogP contribution in [0.5, 0.6) is 0 Å². The molecule has 0 fully saturated rings. The summed E-state index contributed by atoms with van der Waals surface area (Å²) < 4.78 is 25.0. The Morgan fingerprint density at radius 2 is 1.76 bits per heavy atom. The van der Waals surface area contributed by atoms with Crippen molar-refractivity contribution >= 4 is 43.3 Å². The predicted molar refractivity (Wildman–Crippen MR) is 120 cm³/mol. The third-order valence-electron chi connectivity index (χ3n) is 4.77. The topological polar surface area (TPSA) is 89.3 Å². The average Bonchev–Trinajstić information content (AvgIpc) is 2.99. The van der Waals surface area contributed by atoms with Crippen LogP contribution in [0.2, 0.25) is 0 Å². The Labute approximate surface area is 175 Å². The summed E-state index contributed by atoms with van der Waals surface area (Å²) in [6, 6.07) is 13.0. The molecule has 29 heavy (non-hydrogen) atoms. The van der Waals surface area contributed by atoms with E-state index in [1.54, 1.807) is 12.1 Å². The van der Waals surface area contributed by atoms with E-state index in [1.165, 1.54) is 0 Å². The van der Waals surface area contributed by atoms with Gasteiger partial charge in [0, 0.05) is 17.5 Å². The molecule has 0 aliphatic carbocycles. The number of anilines is 3. The summed E-state index contributed by atoms with van der Waals surface area (Å²) in [4.78, 5) is 13.2. The maximum atomic E-state index is 13.0. The van der Waals surface area contributed by atoms with Gasteiger partial charge in [-0.05, 0) is 31.4 Å². The van der Waals surface area contributed by atoms with E-state index < -0.39 is 9.84 Å². The van der Waals surface area contributed by atoms with E-state index in [-0.39, 0.29) is 21.2 Å². The van der Waals surface area contributed by atoms with Gasteiger partial charge in [0.25, 0.3) is 0 Å². The van der Waals surface area contributed by atoms with Crippen molar-refractivity contribution in [1.29, 1.82) is 0 Å². The number of ketones is 1. The molecule has 0 radical (unpaired) electrons. The van der Waals surface area contributed by atoms with Gasteiger partial charge in [-0.3, -0.25) is 4.79 Å². The van der Waals surface area contributed by atoms with Gasteiger partial charge in [-0.1, -0.05) is 55.0 Å². The molecule has 3 rings (SSSR count). The van der Waals surface area contributed by atoms with Gasteiger partial charge in [0.05, 0.1) is 5.69 Å².